The van der Waals surface area contributed by atoms with Crippen molar-refractivity contribution in [1.82, 2.24) is 15.5 Å². The summed E-state index contributed by atoms with van der Waals surface area (Å²) in [4.78, 5) is 48.1. The highest BCUT2D eigenvalue weighted by Gasteiger charge is 2.37. The fourth-order valence-corrected chi connectivity index (χ4v) is 2.64. The summed E-state index contributed by atoms with van der Waals surface area (Å²) in [6, 6.07) is -3.25. The van der Waals surface area contributed by atoms with E-state index in [0.717, 1.165) is 0 Å². The van der Waals surface area contributed by atoms with E-state index in [0.29, 0.717) is 12.8 Å². The van der Waals surface area contributed by atoms with E-state index in [2.05, 4.69) is 23.3 Å². The normalized spacial score (nSPS) is 19.5. The first kappa shape index (κ1) is 20.2. The second kappa shape index (κ2) is 9.45. The van der Waals surface area contributed by atoms with Gasteiger partial charge in [0.05, 0.1) is 13.2 Å². The molecule has 0 aromatic heterocycles. The molecule has 136 valence electrons. The number of thiol groups is 1. The number of hydrogen-bond donors (Lipinski definition) is 6. The van der Waals surface area contributed by atoms with Crippen molar-refractivity contribution < 1.29 is 29.4 Å². The van der Waals surface area contributed by atoms with E-state index >= 15 is 0 Å². The molecule has 0 saturated carbocycles. The second-order valence-electron chi connectivity index (χ2n) is 5.28. The third-order valence-corrected chi connectivity index (χ3v) is 4.00. The van der Waals surface area contributed by atoms with Crippen LogP contribution in [0.5, 0.6) is 0 Å². The highest BCUT2D eigenvalue weighted by Crippen LogP contribution is 2.18. The number of carbonyl (C=O) groups excluding carboxylic acids is 3. The molecule has 6 N–H and O–H groups in total. The summed E-state index contributed by atoms with van der Waals surface area (Å²) in [6.07, 6.45) is 0.905. The van der Waals surface area contributed by atoms with Crippen molar-refractivity contribution in [2.75, 3.05) is 25.4 Å². The van der Waals surface area contributed by atoms with Crippen LogP contribution in [-0.4, -0.2) is 82.4 Å². The van der Waals surface area contributed by atoms with E-state index in [9.17, 15) is 24.3 Å². The zero-order valence-corrected chi connectivity index (χ0v) is 13.9. The lowest BCUT2D eigenvalue weighted by Gasteiger charge is -2.27. The van der Waals surface area contributed by atoms with Gasteiger partial charge in [-0.15, -0.1) is 0 Å². The molecule has 1 aliphatic heterocycles. The smallest absolute Gasteiger partial charge is 0.326 e. The molecule has 0 aromatic carbocycles. The molecule has 0 spiro atoms. The lowest BCUT2D eigenvalue weighted by molar-refractivity contribution is -0.149. The lowest BCUT2D eigenvalue weighted by atomic mass is 10.2. The van der Waals surface area contributed by atoms with Crippen LogP contribution in [0.2, 0.25) is 0 Å². The maximum Gasteiger partial charge on any atom is 0.326 e. The van der Waals surface area contributed by atoms with E-state index in [4.69, 9.17) is 10.8 Å². The van der Waals surface area contributed by atoms with Crippen LogP contribution in [0.4, 0.5) is 0 Å². The average molecular weight is 362 g/mol. The van der Waals surface area contributed by atoms with Crippen LogP contribution in [0, 0.1) is 0 Å². The molecule has 1 fully saturated rings. The van der Waals surface area contributed by atoms with Gasteiger partial charge < -0.3 is 31.5 Å². The van der Waals surface area contributed by atoms with Crippen LogP contribution in [-0.2, 0) is 19.2 Å². The Hall–Kier alpha value is -1.85. The number of rotatable bonds is 8. The average Bonchev–Trinajstić information content (AvgIpc) is 3.06. The SMILES string of the molecule is NCC(=O)NC(CO)C(=O)NC(CS)C(=O)N1CCCC1C(=O)O. The minimum absolute atomic E-state index is 0.0591. The molecule has 3 atom stereocenters. The molecule has 0 radical (unpaired) electrons. The van der Waals surface area contributed by atoms with E-state index < -0.39 is 48.4 Å². The molecular weight excluding hydrogens is 340 g/mol. The van der Waals surface area contributed by atoms with Gasteiger partial charge in [-0.25, -0.2) is 4.79 Å². The third kappa shape index (κ3) is 5.08. The van der Waals surface area contributed by atoms with Crippen LogP contribution in [0.25, 0.3) is 0 Å². The lowest BCUT2D eigenvalue weighted by Crippen LogP contribution is -2.57. The highest BCUT2D eigenvalue weighted by atomic mass is 32.1. The number of hydrogen-bond acceptors (Lipinski definition) is 7. The minimum atomic E-state index is -1.26. The Balaban J connectivity index is 2.74. The largest absolute Gasteiger partial charge is 0.480 e. The van der Waals surface area contributed by atoms with Gasteiger partial charge in [0.15, 0.2) is 0 Å². The van der Waals surface area contributed by atoms with Crippen LogP contribution in [0.1, 0.15) is 12.8 Å². The van der Waals surface area contributed by atoms with E-state index in [1.165, 1.54) is 4.90 Å². The van der Waals surface area contributed by atoms with Crippen LogP contribution in [0.15, 0.2) is 0 Å². The fourth-order valence-electron chi connectivity index (χ4n) is 2.39. The van der Waals surface area contributed by atoms with Crippen LogP contribution >= 0.6 is 12.6 Å². The highest BCUT2D eigenvalue weighted by molar-refractivity contribution is 7.80. The zero-order chi connectivity index (χ0) is 18.3. The molecule has 3 unspecified atom stereocenters. The molecule has 0 bridgehead atoms. The van der Waals surface area contributed by atoms with Gasteiger partial charge in [-0.1, -0.05) is 0 Å². The molecular formula is C13H22N4O6S. The van der Waals surface area contributed by atoms with Crippen molar-refractivity contribution in [3.63, 3.8) is 0 Å². The molecule has 0 aromatic rings. The maximum absolute atomic E-state index is 12.4. The Bertz CT molecular complexity index is 503. The zero-order valence-electron chi connectivity index (χ0n) is 13.0. The maximum atomic E-state index is 12.4. The van der Waals surface area contributed by atoms with E-state index in [-0.39, 0.29) is 18.8 Å². The summed E-state index contributed by atoms with van der Waals surface area (Å²) in [5, 5.41) is 22.9. The number of aliphatic carboxylic acids is 1. The van der Waals surface area contributed by atoms with Crippen molar-refractivity contribution >= 4 is 36.3 Å². The predicted octanol–water partition coefficient (Wildman–Crippen LogP) is -3.09. The van der Waals surface area contributed by atoms with Gasteiger partial charge in [0.25, 0.3) is 0 Å². The van der Waals surface area contributed by atoms with Crippen molar-refractivity contribution in [2.45, 2.75) is 31.0 Å². The van der Waals surface area contributed by atoms with Crippen molar-refractivity contribution in [2.24, 2.45) is 5.73 Å². The van der Waals surface area contributed by atoms with Crippen molar-refractivity contribution in [3.05, 3.63) is 0 Å². The van der Waals surface area contributed by atoms with Gasteiger partial charge in [-0.3, -0.25) is 14.4 Å². The molecule has 3 amide bonds. The van der Waals surface area contributed by atoms with E-state index in [1.54, 1.807) is 0 Å². The minimum Gasteiger partial charge on any atom is -0.480 e. The van der Waals surface area contributed by atoms with Gasteiger partial charge in [0, 0.05) is 12.3 Å². The van der Waals surface area contributed by atoms with Crippen LogP contribution in [0.3, 0.4) is 0 Å². The van der Waals surface area contributed by atoms with E-state index in [1.807, 2.05) is 0 Å². The molecule has 1 aliphatic rings. The van der Waals surface area contributed by atoms with Gasteiger partial charge in [-0.2, -0.15) is 12.6 Å². The summed E-state index contributed by atoms with van der Waals surface area (Å²) in [7, 11) is 0. The number of aliphatic hydroxyl groups excluding tert-OH is 1. The first-order chi connectivity index (χ1) is 11.3. The van der Waals surface area contributed by atoms with Crippen molar-refractivity contribution in [3.8, 4) is 0 Å². The Labute approximate surface area is 144 Å². The number of amides is 3. The monoisotopic (exact) mass is 362 g/mol. The van der Waals surface area contributed by atoms with Gasteiger partial charge in [0.1, 0.15) is 18.1 Å². The molecule has 1 heterocycles. The Morgan fingerprint density at radius 3 is 2.42 bits per heavy atom. The van der Waals surface area contributed by atoms with Gasteiger partial charge >= 0.3 is 5.97 Å². The predicted molar refractivity (Wildman–Crippen MR) is 86.2 cm³/mol. The third-order valence-electron chi connectivity index (χ3n) is 3.64. The summed E-state index contributed by atoms with van der Waals surface area (Å²) in [6.45, 7) is -0.747. The summed E-state index contributed by atoms with van der Waals surface area (Å²) in [5.74, 6) is -3.14. The standard InChI is InChI=1S/C13H22N4O6S/c14-4-10(19)15-7(5-18)11(20)16-8(6-24)12(21)17-3-1-2-9(17)13(22)23/h7-9,18,24H,1-6,14H2,(H,15,19)(H,16,20)(H,22,23). The van der Waals surface area contributed by atoms with Gasteiger partial charge in [-0.05, 0) is 12.8 Å². The quantitative estimate of drug-likeness (QED) is 0.249. The summed E-state index contributed by atoms with van der Waals surface area (Å²) >= 11 is 4.01. The molecule has 24 heavy (non-hydrogen) atoms. The Kier molecular flexibility index (Phi) is 7.95. The number of nitrogens with one attached hydrogen (secondary N) is 2. The number of carboxylic acid groups (broad SMARTS) is 1. The second-order valence-corrected chi connectivity index (χ2v) is 5.64. The summed E-state index contributed by atoms with van der Waals surface area (Å²) < 4.78 is 0. The molecule has 0 aliphatic carbocycles. The number of likely N-dealkylation sites (tertiary alicyclic amines) is 1. The number of carboxylic acids is 1. The van der Waals surface area contributed by atoms with Crippen LogP contribution < -0.4 is 16.4 Å². The molecule has 1 rings (SSSR count). The number of nitrogens with zero attached hydrogens (tertiary/aromatic N) is 1. The topological polar surface area (TPSA) is 162 Å². The first-order valence-electron chi connectivity index (χ1n) is 7.40. The Morgan fingerprint density at radius 1 is 1.25 bits per heavy atom. The fraction of sp³-hybridized carbons (Fsp3) is 0.692. The molecule has 10 nitrogen and oxygen atoms in total. The number of nitrogens with two attached hydrogens (primary N) is 1. The molecule has 1 saturated heterocycles. The van der Waals surface area contributed by atoms with Crippen molar-refractivity contribution in [1.29, 1.82) is 0 Å². The first-order valence-corrected chi connectivity index (χ1v) is 8.03. The number of carbonyl (C=O) groups is 4. The molecule has 11 heteroatoms. The Morgan fingerprint density at radius 2 is 1.92 bits per heavy atom. The van der Waals surface area contributed by atoms with Gasteiger partial charge in [0.2, 0.25) is 17.7 Å². The number of aliphatic hydroxyl groups is 1. The summed E-state index contributed by atoms with van der Waals surface area (Å²) in [5.41, 5.74) is 5.12.